The van der Waals surface area contributed by atoms with Crippen molar-refractivity contribution in [3.8, 4) is 22.5 Å². The SMILES string of the molecule is [C-]#[N+]c1cccc(C(F)(F)F)c1-c1ccc(-n2c3ccccc3c3ccc4c5ccccc5n(C)c4c32)c([N+]#[C-])c1-n1c2ccccc2c2ccc3c4ccccc4n(C)c3c21. The fraction of sp³-hybridized carbons (Fsp3) is 0.0566. The molecule has 0 atom stereocenters. The first-order chi connectivity index (χ1) is 30.2. The molecule has 0 aliphatic heterocycles. The first kappa shape index (κ1) is 35.7. The summed E-state index contributed by atoms with van der Waals surface area (Å²) in [6, 6.07) is 47.9. The summed E-state index contributed by atoms with van der Waals surface area (Å²) in [6.07, 6.45) is -4.80. The Morgan fingerprint density at radius 2 is 0.887 bits per heavy atom. The predicted molar refractivity (Wildman–Crippen MR) is 246 cm³/mol. The molecule has 0 saturated carbocycles. The highest BCUT2D eigenvalue weighted by molar-refractivity contribution is 6.25. The van der Waals surface area contributed by atoms with Crippen LogP contribution in [0.5, 0.6) is 0 Å². The highest BCUT2D eigenvalue weighted by Crippen LogP contribution is 2.52. The lowest BCUT2D eigenvalue weighted by Gasteiger charge is -2.23. The maximum Gasteiger partial charge on any atom is 0.415 e. The maximum absolute atomic E-state index is 15.3. The number of alkyl halides is 3. The fourth-order valence-electron chi connectivity index (χ4n) is 10.3. The summed E-state index contributed by atoms with van der Waals surface area (Å²) in [5.41, 5.74) is 6.75. The summed E-state index contributed by atoms with van der Waals surface area (Å²) in [5, 5.41) is 7.85. The van der Waals surface area contributed by atoms with Crippen LogP contribution in [0, 0.1) is 13.1 Å². The van der Waals surface area contributed by atoms with E-state index >= 15 is 13.2 Å². The number of aryl methyl sites for hydroxylation is 2. The third-order valence-electron chi connectivity index (χ3n) is 12.8. The van der Waals surface area contributed by atoms with Crippen LogP contribution >= 0.6 is 0 Å². The molecule has 12 rings (SSSR count). The average Bonchev–Trinajstić information content (AvgIpc) is 4.00. The second kappa shape index (κ2) is 12.6. The normalized spacial score (nSPS) is 12.2. The molecule has 0 N–H and O–H groups in total. The Labute approximate surface area is 351 Å². The number of fused-ring (bicyclic) bond motifs is 14. The van der Waals surface area contributed by atoms with Gasteiger partial charge in [0.15, 0.2) is 5.69 Å². The average molecular weight is 809 g/mol. The van der Waals surface area contributed by atoms with E-state index in [2.05, 4.69) is 78.0 Å². The van der Waals surface area contributed by atoms with E-state index < -0.39 is 11.7 Å². The third kappa shape index (κ3) is 4.57. The predicted octanol–water partition coefficient (Wildman–Crippen LogP) is 15.0. The van der Waals surface area contributed by atoms with Crippen LogP contribution in [0.15, 0.2) is 152 Å². The minimum absolute atomic E-state index is 0.132. The lowest BCUT2D eigenvalue weighted by molar-refractivity contribution is -0.137. The van der Waals surface area contributed by atoms with Crippen molar-refractivity contribution >= 4 is 98.6 Å². The Morgan fingerprint density at radius 1 is 0.435 bits per heavy atom. The topological polar surface area (TPSA) is 28.4 Å². The van der Waals surface area contributed by atoms with E-state index in [-0.39, 0.29) is 28.2 Å². The minimum Gasteiger partial charge on any atom is -0.342 e. The van der Waals surface area contributed by atoms with Crippen molar-refractivity contribution in [3.05, 3.63) is 180 Å². The molecule has 0 amide bonds. The van der Waals surface area contributed by atoms with E-state index in [1.807, 2.05) is 85.4 Å². The van der Waals surface area contributed by atoms with Crippen molar-refractivity contribution in [2.75, 3.05) is 0 Å². The zero-order chi connectivity index (χ0) is 42.2. The van der Waals surface area contributed by atoms with Gasteiger partial charge >= 0.3 is 6.18 Å². The Hall–Kier alpha value is -8.27. The first-order valence-electron chi connectivity index (χ1n) is 20.1. The quantitative estimate of drug-likeness (QED) is 0.159. The second-order valence-electron chi connectivity index (χ2n) is 15.8. The molecule has 0 unspecified atom stereocenters. The zero-order valence-electron chi connectivity index (χ0n) is 33.3. The molecule has 0 aliphatic carbocycles. The van der Waals surface area contributed by atoms with E-state index in [1.165, 1.54) is 12.1 Å². The molecule has 0 aliphatic rings. The molecule has 0 radical (unpaired) electrons. The number of halogens is 3. The number of para-hydroxylation sites is 4. The molecule has 12 aromatic rings. The Balaban J connectivity index is 1.34. The van der Waals surface area contributed by atoms with Gasteiger partial charge < -0.3 is 18.3 Å². The van der Waals surface area contributed by atoms with Gasteiger partial charge in [-0.1, -0.05) is 121 Å². The summed E-state index contributed by atoms with van der Waals surface area (Å²) < 4.78 is 54.4. The maximum atomic E-state index is 15.3. The van der Waals surface area contributed by atoms with E-state index in [9.17, 15) is 6.57 Å². The molecule has 4 aromatic heterocycles. The summed E-state index contributed by atoms with van der Waals surface area (Å²) in [7, 11) is 4.05. The Morgan fingerprint density at radius 3 is 1.39 bits per heavy atom. The molecule has 8 aromatic carbocycles. The first-order valence-corrected chi connectivity index (χ1v) is 20.1. The molecule has 0 spiro atoms. The van der Waals surface area contributed by atoms with Crippen LogP contribution < -0.4 is 0 Å². The zero-order valence-corrected chi connectivity index (χ0v) is 33.3. The van der Waals surface area contributed by atoms with Gasteiger partial charge in [-0.15, -0.1) is 0 Å². The van der Waals surface area contributed by atoms with Crippen LogP contribution in [0.3, 0.4) is 0 Å². The summed E-state index contributed by atoms with van der Waals surface area (Å²) >= 11 is 0. The molecule has 6 nitrogen and oxygen atoms in total. The van der Waals surface area contributed by atoms with Crippen LogP contribution in [0.1, 0.15) is 5.56 Å². The smallest absolute Gasteiger partial charge is 0.342 e. The van der Waals surface area contributed by atoms with Crippen molar-refractivity contribution in [3.63, 3.8) is 0 Å². The van der Waals surface area contributed by atoms with Crippen molar-refractivity contribution in [2.24, 2.45) is 14.1 Å². The van der Waals surface area contributed by atoms with Gasteiger partial charge in [0.05, 0.1) is 63.2 Å². The molecular weight excluding hydrogens is 778 g/mol. The van der Waals surface area contributed by atoms with Crippen molar-refractivity contribution in [2.45, 2.75) is 6.18 Å². The number of rotatable bonds is 3. The molecule has 4 heterocycles. The van der Waals surface area contributed by atoms with Crippen LogP contribution in [-0.4, -0.2) is 18.3 Å². The van der Waals surface area contributed by atoms with Crippen molar-refractivity contribution < 1.29 is 13.2 Å². The van der Waals surface area contributed by atoms with E-state index in [4.69, 9.17) is 6.57 Å². The summed E-state index contributed by atoms with van der Waals surface area (Å²) in [6.45, 7) is 17.4. The Bertz CT molecular complexity index is 4030. The van der Waals surface area contributed by atoms with Crippen molar-refractivity contribution in [1.82, 2.24) is 18.3 Å². The second-order valence-corrected chi connectivity index (χ2v) is 15.8. The van der Waals surface area contributed by atoms with E-state index in [1.54, 1.807) is 12.1 Å². The highest BCUT2D eigenvalue weighted by atomic mass is 19.4. The van der Waals surface area contributed by atoms with E-state index in [0.29, 0.717) is 5.69 Å². The van der Waals surface area contributed by atoms with Gasteiger partial charge in [0.2, 0.25) is 5.69 Å². The van der Waals surface area contributed by atoms with Gasteiger partial charge in [-0.3, -0.25) is 0 Å². The van der Waals surface area contributed by atoms with Gasteiger partial charge in [0.1, 0.15) is 0 Å². The molecule has 0 fully saturated rings. The van der Waals surface area contributed by atoms with Crippen LogP contribution in [-0.2, 0) is 20.3 Å². The fourth-order valence-corrected chi connectivity index (χ4v) is 10.3. The Kier molecular flexibility index (Phi) is 7.26. The lowest BCUT2D eigenvalue weighted by Crippen LogP contribution is -2.09. The number of nitrogens with zero attached hydrogens (tertiary/aromatic N) is 6. The third-order valence-corrected chi connectivity index (χ3v) is 12.8. The van der Waals surface area contributed by atoms with Crippen LogP contribution in [0.4, 0.5) is 24.5 Å². The minimum atomic E-state index is -4.80. The van der Waals surface area contributed by atoms with E-state index in [0.717, 1.165) is 93.3 Å². The number of aromatic nitrogens is 4. The molecule has 9 heteroatoms. The van der Waals surface area contributed by atoms with Gasteiger partial charge in [-0.05, 0) is 35.9 Å². The van der Waals surface area contributed by atoms with Crippen LogP contribution in [0.2, 0.25) is 0 Å². The lowest BCUT2D eigenvalue weighted by atomic mass is 9.94. The van der Waals surface area contributed by atoms with Gasteiger partial charge in [0.25, 0.3) is 0 Å². The molecule has 294 valence electrons. The standard InChI is InChI=1S/C53H31F3N6/c1-57-40-19-13-18-39(53(54,55)56)46(40)38-28-29-45(61-43-22-11-7-16-32(43)36-26-24-34-30-14-5-9-20-41(30)59(3)49(34)51(36)61)47(58-2)48(38)62-44-23-12-8-17-33(44)37-27-25-35-31-15-6-10-21-42(31)60(4)50(35)52(37)62/h5-29H,3-4H3. The van der Waals surface area contributed by atoms with Crippen molar-refractivity contribution in [1.29, 1.82) is 0 Å². The highest BCUT2D eigenvalue weighted by Gasteiger charge is 2.37. The summed E-state index contributed by atoms with van der Waals surface area (Å²) in [4.78, 5) is 8.06. The molecule has 0 bridgehead atoms. The number of hydrogen-bond acceptors (Lipinski definition) is 0. The van der Waals surface area contributed by atoms with Gasteiger partial charge in [-0.2, -0.15) is 13.2 Å². The summed E-state index contributed by atoms with van der Waals surface area (Å²) in [5.74, 6) is 0. The van der Waals surface area contributed by atoms with Crippen LogP contribution in [0.25, 0.3) is 119 Å². The molecular formula is C53H31F3N6. The monoisotopic (exact) mass is 808 g/mol. The molecule has 62 heavy (non-hydrogen) atoms. The molecule has 0 saturated heterocycles. The van der Waals surface area contributed by atoms with Gasteiger partial charge in [0, 0.05) is 73.8 Å². The number of benzene rings is 8. The van der Waals surface area contributed by atoms with Gasteiger partial charge in [-0.25, -0.2) is 9.69 Å². The number of hydrogen-bond donors (Lipinski definition) is 0. The largest absolute Gasteiger partial charge is 0.415 e.